The molecule has 0 saturated carbocycles. The summed E-state index contributed by atoms with van der Waals surface area (Å²) in [5.41, 5.74) is 0.770. The Labute approximate surface area is 187 Å². The summed E-state index contributed by atoms with van der Waals surface area (Å²) >= 11 is 0. The van der Waals surface area contributed by atoms with Gasteiger partial charge in [0.2, 0.25) is 5.91 Å². The molecule has 7 nitrogen and oxygen atoms in total. The molecule has 1 atom stereocenters. The van der Waals surface area contributed by atoms with Gasteiger partial charge in [0.05, 0.1) is 18.5 Å². The van der Waals surface area contributed by atoms with Gasteiger partial charge in [0, 0.05) is 38.4 Å². The van der Waals surface area contributed by atoms with Crippen LogP contribution < -0.4 is 9.64 Å². The van der Waals surface area contributed by atoms with Crippen LogP contribution in [0.3, 0.4) is 0 Å². The molecule has 0 bridgehead atoms. The number of hydrogen-bond acceptors (Lipinski definition) is 5. The average molecular weight is 439 g/mol. The van der Waals surface area contributed by atoms with E-state index in [9.17, 15) is 14.0 Å². The summed E-state index contributed by atoms with van der Waals surface area (Å²) in [5, 5.41) is 8.98. The number of halogens is 1. The predicted octanol–water partition coefficient (Wildman–Crippen LogP) is 2.68. The van der Waals surface area contributed by atoms with Crippen LogP contribution in [-0.4, -0.2) is 67.0 Å². The highest BCUT2D eigenvalue weighted by Gasteiger charge is 2.30. The maximum atomic E-state index is 13.2. The molecule has 2 aromatic carbocycles. The number of piperazine rings is 1. The molecule has 0 aliphatic carbocycles. The van der Waals surface area contributed by atoms with Crippen LogP contribution >= 0.6 is 0 Å². The highest BCUT2D eigenvalue weighted by atomic mass is 19.1. The van der Waals surface area contributed by atoms with Crippen LogP contribution in [0.25, 0.3) is 0 Å². The molecular weight excluding hydrogens is 411 g/mol. The number of ether oxygens (including phenoxy) is 1. The fourth-order valence-corrected chi connectivity index (χ4v) is 3.64. The van der Waals surface area contributed by atoms with Crippen LogP contribution in [-0.2, 0) is 9.59 Å². The van der Waals surface area contributed by atoms with E-state index in [4.69, 9.17) is 10.00 Å². The molecule has 0 spiro atoms. The van der Waals surface area contributed by atoms with Crippen molar-refractivity contribution in [2.45, 2.75) is 19.4 Å². The average Bonchev–Trinajstić information content (AvgIpc) is 2.84. The maximum Gasteiger partial charge on any atom is 0.260 e. The molecule has 32 heavy (non-hydrogen) atoms. The Hall–Kier alpha value is -3.44. The molecule has 1 unspecified atom stereocenters. The third-order valence-corrected chi connectivity index (χ3v) is 5.53. The largest absolute Gasteiger partial charge is 0.484 e. The Kier molecular flexibility index (Phi) is 8.17. The van der Waals surface area contributed by atoms with Gasteiger partial charge < -0.3 is 14.5 Å². The van der Waals surface area contributed by atoms with Gasteiger partial charge in [0.25, 0.3) is 5.91 Å². The Morgan fingerprint density at radius 1 is 1.09 bits per heavy atom. The number of hydrogen-bond donors (Lipinski definition) is 0. The first-order valence-electron chi connectivity index (χ1n) is 10.6. The summed E-state index contributed by atoms with van der Waals surface area (Å²) in [6.45, 7) is 4.20. The fraction of sp³-hybridized carbons (Fsp3) is 0.375. The van der Waals surface area contributed by atoms with Gasteiger partial charge in [-0.1, -0.05) is 18.2 Å². The van der Waals surface area contributed by atoms with Crippen molar-refractivity contribution in [1.29, 1.82) is 5.26 Å². The molecule has 168 valence electrons. The standard InChI is InChI=1S/C24H27FN4O3/c1-19(24(31)29(13-5-12-26)21-6-3-2-4-7-21)27-14-16-28(17-15-27)23(30)18-32-22-10-8-20(25)9-11-22/h2-4,6-11,19H,5,13-18H2,1H3. The number of carbonyl (C=O) groups excluding carboxylic acids is 2. The van der Waals surface area contributed by atoms with Crippen molar-refractivity contribution in [3.05, 3.63) is 60.4 Å². The second-order valence-electron chi connectivity index (χ2n) is 7.57. The SMILES string of the molecule is CC(C(=O)N(CCC#N)c1ccccc1)N1CCN(C(=O)COc2ccc(F)cc2)CC1. The van der Waals surface area contributed by atoms with E-state index < -0.39 is 0 Å². The minimum absolute atomic E-state index is 0.0640. The summed E-state index contributed by atoms with van der Waals surface area (Å²) < 4.78 is 18.4. The smallest absolute Gasteiger partial charge is 0.260 e. The van der Waals surface area contributed by atoms with Crippen LogP contribution in [0.15, 0.2) is 54.6 Å². The number of nitriles is 1. The monoisotopic (exact) mass is 438 g/mol. The molecule has 8 heteroatoms. The van der Waals surface area contributed by atoms with Crippen molar-refractivity contribution in [3.8, 4) is 11.8 Å². The molecule has 1 aliphatic heterocycles. The molecule has 2 amide bonds. The Morgan fingerprint density at radius 2 is 1.75 bits per heavy atom. The van der Waals surface area contributed by atoms with E-state index in [1.165, 1.54) is 24.3 Å². The van der Waals surface area contributed by atoms with E-state index in [1.54, 1.807) is 9.80 Å². The molecule has 3 rings (SSSR count). The van der Waals surface area contributed by atoms with Crippen LogP contribution in [0.4, 0.5) is 10.1 Å². The third-order valence-electron chi connectivity index (χ3n) is 5.53. The summed E-state index contributed by atoms with van der Waals surface area (Å²) in [5.74, 6) is -0.128. The normalized spacial score (nSPS) is 15.0. The number of carbonyl (C=O) groups is 2. The molecule has 0 N–H and O–H groups in total. The van der Waals surface area contributed by atoms with Gasteiger partial charge >= 0.3 is 0 Å². The van der Waals surface area contributed by atoms with Crippen LogP contribution in [0.2, 0.25) is 0 Å². The van der Waals surface area contributed by atoms with Crippen molar-refractivity contribution in [2.75, 3.05) is 44.2 Å². The lowest BCUT2D eigenvalue weighted by atomic mass is 10.1. The minimum atomic E-state index is -0.374. The van der Waals surface area contributed by atoms with Crippen molar-refractivity contribution in [1.82, 2.24) is 9.80 Å². The van der Waals surface area contributed by atoms with Crippen LogP contribution in [0.1, 0.15) is 13.3 Å². The first-order chi connectivity index (χ1) is 15.5. The van der Waals surface area contributed by atoms with E-state index in [-0.39, 0.29) is 36.7 Å². The van der Waals surface area contributed by atoms with E-state index in [2.05, 4.69) is 11.0 Å². The lowest BCUT2D eigenvalue weighted by Gasteiger charge is -2.38. The predicted molar refractivity (Wildman–Crippen MR) is 119 cm³/mol. The second-order valence-corrected chi connectivity index (χ2v) is 7.57. The maximum absolute atomic E-state index is 13.2. The number of amides is 2. The van der Waals surface area contributed by atoms with E-state index >= 15 is 0 Å². The minimum Gasteiger partial charge on any atom is -0.484 e. The Bertz CT molecular complexity index is 938. The molecule has 1 fully saturated rings. The molecule has 0 aromatic heterocycles. The van der Waals surface area contributed by atoms with E-state index in [0.717, 1.165) is 5.69 Å². The molecule has 2 aromatic rings. The number of nitrogens with zero attached hydrogens (tertiary/aromatic N) is 4. The van der Waals surface area contributed by atoms with Gasteiger partial charge in [-0.05, 0) is 43.3 Å². The zero-order valence-corrected chi connectivity index (χ0v) is 18.1. The third kappa shape index (κ3) is 6.05. The summed E-state index contributed by atoms with van der Waals surface area (Å²) in [7, 11) is 0. The topological polar surface area (TPSA) is 76.9 Å². The van der Waals surface area contributed by atoms with Gasteiger partial charge in [-0.3, -0.25) is 14.5 Å². The lowest BCUT2D eigenvalue weighted by Crippen LogP contribution is -2.56. The fourth-order valence-electron chi connectivity index (χ4n) is 3.64. The molecule has 1 heterocycles. The summed E-state index contributed by atoms with van der Waals surface area (Å²) in [6, 6.07) is 16.6. The zero-order chi connectivity index (χ0) is 22.9. The first kappa shape index (κ1) is 23.2. The van der Waals surface area contributed by atoms with Crippen molar-refractivity contribution in [3.63, 3.8) is 0 Å². The molecule has 1 saturated heterocycles. The van der Waals surface area contributed by atoms with Crippen molar-refractivity contribution >= 4 is 17.5 Å². The number of rotatable bonds is 8. The van der Waals surface area contributed by atoms with Crippen LogP contribution in [0, 0.1) is 17.1 Å². The Balaban J connectivity index is 1.52. The van der Waals surface area contributed by atoms with E-state index in [0.29, 0.717) is 38.5 Å². The highest BCUT2D eigenvalue weighted by molar-refractivity contribution is 5.97. The highest BCUT2D eigenvalue weighted by Crippen LogP contribution is 2.18. The van der Waals surface area contributed by atoms with Crippen molar-refractivity contribution in [2.24, 2.45) is 0 Å². The van der Waals surface area contributed by atoms with Gasteiger partial charge in [-0.25, -0.2) is 4.39 Å². The quantitative estimate of drug-likeness (QED) is 0.633. The molecular formula is C24H27FN4O3. The van der Waals surface area contributed by atoms with Crippen molar-refractivity contribution < 1.29 is 18.7 Å². The number of para-hydroxylation sites is 1. The van der Waals surface area contributed by atoms with Crippen LogP contribution in [0.5, 0.6) is 5.75 Å². The van der Waals surface area contributed by atoms with Gasteiger partial charge in [-0.15, -0.1) is 0 Å². The lowest BCUT2D eigenvalue weighted by molar-refractivity contribution is -0.136. The van der Waals surface area contributed by atoms with Gasteiger partial charge in [0.1, 0.15) is 11.6 Å². The zero-order valence-electron chi connectivity index (χ0n) is 18.1. The van der Waals surface area contributed by atoms with Gasteiger partial charge in [0.15, 0.2) is 6.61 Å². The molecule has 1 aliphatic rings. The summed E-state index contributed by atoms with van der Waals surface area (Å²) in [6.07, 6.45) is 0.254. The van der Waals surface area contributed by atoms with E-state index in [1.807, 2.05) is 37.3 Å². The second kappa shape index (κ2) is 11.3. The Morgan fingerprint density at radius 3 is 2.38 bits per heavy atom. The number of benzene rings is 2. The summed E-state index contributed by atoms with van der Waals surface area (Å²) in [4.78, 5) is 31.1. The first-order valence-corrected chi connectivity index (χ1v) is 10.6. The number of anilines is 1. The molecule has 0 radical (unpaired) electrons. The van der Waals surface area contributed by atoms with Gasteiger partial charge in [-0.2, -0.15) is 5.26 Å².